The molecule has 0 bridgehead atoms. The molecule has 278 valence electrons. The van der Waals surface area contributed by atoms with Crippen LogP contribution in [-0.4, -0.2) is 62.1 Å². The third-order valence-corrected chi connectivity index (χ3v) is 10.4. The van der Waals surface area contributed by atoms with Crippen LogP contribution in [0, 0.1) is 12.8 Å². The Morgan fingerprint density at radius 3 is 2.40 bits per heavy atom. The van der Waals surface area contributed by atoms with Crippen molar-refractivity contribution in [3.63, 3.8) is 0 Å². The number of fused-ring (bicyclic) bond motifs is 1. The van der Waals surface area contributed by atoms with Crippen molar-refractivity contribution in [2.24, 2.45) is 5.92 Å². The Hall–Kier alpha value is -4.86. The molecule has 2 amide bonds. The number of benzene rings is 2. The van der Waals surface area contributed by atoms with E-state index >= 15 is 0 Å². The summed E-state index contributed by atoms with van der Waals surface area (Å²) in [6.07, 6.45) is 4.60. The van der Waals surface area contributed by atoms with E-state index in [-0.39, 0.29) is 63.8 Å². The zero-order valence-electron chi connectivity index (χ0n) is 28.4. The Morgan fingerprint density at radius 2 is 1.74 bits per heavy atom. The standard InChI is InChI=1S/C36H32Cl2F2N4O8S/c1-20-4-3-5-23(42-20)17-44(53(2,48)49)24-9-10-25-26(13-24)35(47)43(34(25)46)18-33(45)51-31(14-27-28(37)15-41-16-29(27)38)22-8-11-30(52-36(39)40)32(12-22)50-19-21-6-7-21/h3-5,8-13,15-16,21,31,36H,6-7,14,17-19H2,1-2H3/p+1/t31-/m0/s1. The lowest BCUT2D eigenvalue weighted by Gasteiger charge is -2.22. The van der Waals surface area contributed by atoms with E-state index in [0.717, 1.165) is 23.4 Å². The van der Waals surface area contributed by atoms with E-state index < -0.39 is 47.1 Å². The number of hydrogen-bond donors (Lipinski definition) is 0. The molecule has 53 heavy (non-hydrogen) atoms. The highest BCUT2D eigenvalue weighted by Crippen LogP contribution is 2.38. The van der Waals surface area contributed by atoms with Gasteiger partial charge in [-0.25, -0.2) is 13.4 Å². The molecule has 0 spiro atoms. The number of rotatable bonds is 15. The number of carbonyl (C=O) groups is 3. The molecule has 1 aliphatic heterocycles. The lowest BCUT2D eigenvalue weighted by atomic mass is 10.0. The van der Waals surface area contributed by atoms with E-state index in [4.69, 9.17) is 32.7 Å². The number of imide groups is 1. The van der Waals surface area contributed by atoms with Crippen molar-refractivity contribution in [2.45, 2.75) is 45.4 Å². The number of hydrogen-bond acceptors (Lipinski definition) is 9. The van der Waals surface area contributed by atoms with Crippen LogP contribution in [0.1, 0.15) is 62.2 Å². The normalized spacial score (nSPS) is 14.7. The Balaban J connectivity index is 1.25. The number of sulfonamides is 1. The quantitative estimate of drug-likeness (QED) is 0.105. The fraction of sp³-hybridized carbons (Fsp3) is 0.306. The number of anilines is 1. The van der Waals surface area contributed by atoms with Gasteiger partial charge in [0.15, 0.2) is 23.9 Å². The molecule has 1 aliphatic carbocycles. The molecule has 0 unspecified atom stereocenters. The van der Waals surface area contributed by atoms with Crippen LogP contribution in [0.5, 0.6) is 11.5 Å². The summed E-state index contributed by atoms with van der Waals surface area (Å²) < 4.78 is 69.5. The first-order valence-corrected chi connectivity index (χ1v) is 18.9. The monoisotopic (exact) mass is 789 g/mol. The molecule has 2 aliphatic rings. The van der Waals surface area contributed by atoms with E-state index in [1.165, 1.54) is 48.8 Å². The van der Waals surface area contributed by atoms with Gasteiger partial charge in [-0.15, -0.1) is 0 Å². The van der Waals surface area contributed by atoms with E-state index in [0.29, 0.717) is 27.4 Å². The average Bonchev–Trinajstić information content (AvgIpc) is 3.90. The Kier molecular flexibility index (Phi) is 11.2. The molecule has 0 saturated heterocycles. The first kappa shape index (κ1) is 37.9. The number of halogens is 4. The highest BCUT2D eigenvalue weighted by atomic mass is 35.5. The third kappa shape index (κ3) is 9.03. The Labute approximate surface area is 313 Å². The summed E-state index contributed by atoms with van der Waals surface area (Å²) in [5.41, 5.74) is 1.83. The summed E-state index contributed by atoms with van der Waals surface area (Å²) in [5.74, 6) is -2.54. The molecule has 3 heterocycles. The molecule has 1 saturated carbocycles. The number of aryl methyl sites for hydroxylation is 1. The summed E-state index contributed by atoms with van der Waals surface area (Å²) in [5, 5.41) is 0.442. The SMILES string of the molecule is Cc1cccc(CN(c2ccc3c(c2)C(=O)N(CC(=O)O[C@@H](Cc2c(Cl)c[nH+]cc2Cl)c2ccc(OC(F)F)c(OCC4CC4)c2)C3=O)S(C)(=O)=O)n1. The number of aromatic amines is 1. The molecule has 4 aromatic rings. The van der Waals surface area contributed by atoms with Crippen LogP contribution in [0.2, 0.25) is 10.0 Å². The average molecular weight is 791 g/mol. The number of alkyl halides is 2. The van der Waals surface area contributed by atoms with Crippen LogP contribution in [0.25, 0.3) is 0 Å². The number of esters is 1. The van der Waals surface area contributed by atoms with Crippen molar-refractivity contribution in [3.8, 4) is 11.5 Å². The minimum Gasteiger partial charge on any atom is -0.489 e. The smallest absolute Gasteiger partial charge is 0.387 e. The fourth-order valence-corrected chi connectivity index (χ4v) is 7.14. The second-order valence-corrected chi connectivity index (χ2v) is 15.3. The van der Waals surface area contributed by atoms with E-state index in [9.17, 15) is 31.6 Å². The van der Waals surface area contributed by atoms with Gasteiger partial charge in [-0.05, 0) is 73.7 Å². The largest absolute Gasteiger partial charge is 0.489 e. The lowest BCUT2D eigenvalue weighted by Crippen LogP contribution is -2.36. The van der Waals surface area contributed by atoms with Gasteiger partial charge in [0.1, 0.15) is 22.7 Å². The number of nitrogens with one attached hydrogen (secondary N) is 1. The summed E-state index contributed by atoms with van der Waals surface area (Å²) in [6.45, 7) is -2.01. The molecular formula is C36H33Cl2F2N4O8S+. The van der Waals surface area contributed by atoms with Gasteiger partial charge >= 0.3 is 12.6 Å². The van der Waals surface area contributed by atoms with E-state index in [1.807, 2.05) is 0 Å². The molecule has 17 heteroatoms. The maximum Gasteiger partial charge on any atom is 0.387 e. The van der Waals surface area contributed by atoms with Crippen LogP contribution in [0.3, 0.4) is 0 Å². The summed E-state index contributed by atoms with van der Waals surface area (Å²) >= 11 is 12.8. The van der Waals surface area contributed by atoms with Gasteiger partial charge < -0.3 is 14.2 Å². The fourth-order valence-electron chi connectivity index (χ4n) is 5.74. The van der Waals surface area contributed by atoms with Gasteiger partial charge in [0.2, 0.25) is 10.0 Å². The number of nitrogens with zero attached hydrogens (tertiary/aromatic N) is 3. The highest BCUT2D eigenvalue weighted by molar-refractivity contribution is 7.92. The minimum absolute atomic E-state index is 0.00630. The lowest BCUT2D eigenvalue weighted by molar-refractivity contribution is -0.377. The van der Waals surface area contributed by atoms with Gasteiger partial charge in [0, 0.05) is 17.7 Å². The summed E-state index contributed by atoms with van der Waals surface area (Å²) in [4.78, 5) is 48.4. The maximum absolute atomic E-state index is 13.6. The first-order chi connectivity index (χ1) is 25.2. The predicted molar refractivity (Wildman–Crippen MR) is 189 cm³/mol. The summed E-state index contributed by atoms with van der Waals surface area (Å²) in [7, 11) is -3.86. The van der Waals surface area contributed by atoms with Gasteiger partial charge in [0.25, 0.3) is 11.8 Å². The molecule has 2 aromatic heterocycles. The van der Waals surface area contributed by atoms with E-state index in [1.54, 1.807) is 25.1 Å². The van der Waals surface area contributed by atoms with Crippen LogP contribution < -0.4 is 18.8 Å². The minimum atomic E-state index is -3.86. The molecule has 6 rings (SSSR count). The highest BCUT2D eigenvalue weighted by Gasteiger charge is 2.39. The second-order valence-electron chi connectivity index (χ2n) is 12.6. The molecule has 0 radical (unpaired) electrons. The van der Waals surface area contributed by atoms with Crippen LogP contribution in [0.15, 0.2) is 67.0 Å². The summed E-state index contributed by atoms with van der Waals surface area (Å²) in [6, 6.07) is 13.3. The number of ether oxygens (including phenoxy) is 3. The zero-order valence-corrected chi connectivity index (χ0v) is 30.7. The molecule has 1 fully saturated rings. The molecule has 1 atom stereocenters. The number of pyridine rings is 2. The van der Waals surface area contributed by atoms with Gasteiger partial charge in [-0.3, -0.25) is 28.6 Å². The van der Waals surface area contributed by atoms with E-state index in [2.05, 4.69) is 14.7 Å². The number of H-pyrrole nitrogens is 1. The van der Waals surface area contributed by atoms with Crippen molar-refractivity contribution < 1.29 is 50.8 Å². The van der Waals surface area contributed by atoms with Gasteiger partial charge in [0.05, 0.1) is 41.9 Å². The first-order valence-electron chi connectivity index (χ1n) is 16.3. The van der Waals surface area contributed by atoms with Crippen molar-refractivity contribution in [1.82, 2.24) is 9.88 Å². The number of amides is 2. The molecule has 1 N–H and O–H groups in total. The third-order valence-electron chi connectivity index (χ3n) is 8.57. The van der Waals surface area contributed by atoms with Crippen LogP contribution in [-0.2, 0) is 32.5 Å². The topological polar surface area (TPSA) is 147 Å². The predicted octanol–water partition coefficient (Wildman–Crippen LogP) is 5.99. The van der Waals surface area contributed by atoms with Crippen LogP contribution >= 0.6 is 23.2 Å². The van der Waals surface area contributed by atoms with Crippen molar-refractivity contribution in [3.05, 3.63) is 111 Å². The second kappa shape index (κ2) is 15.6. The Morgan fingerprint density at radius 1 is 1.02 bits per heavy atom. The van der Waals surface area contributed by atoms with Crippen molar-refractivity contribution in [1.29, 1.82) is 0 Å². The molecular weight excluding hydrogens is 757 g/mol. The molecule has 12 nitrogen and oxygen atoms in total. The number of aromatic nitrogens is 2. The van der Waals surface area contributed by atoms with Crippen molar-refractivity contribution in [2.75, 3.05) is 23.7 Å². The van der Waals surface area contributed by atoms with Gasteiger partial charge in [-0.2, -0.15) is 8.78 Å². The molecule has 2 aromatic carbocycles. The Bertz CT molecular complexity index is 2170. The van der Waals surface area contributed by atoms with Crippen molar-refractivity contribution >= 4 is 56.7 Å². The van der Waals surface area contributed by atoms with Gasteiger partial charge in [-0.1, -0.05) is 35.3 Å². The number of carbonyl (C=O) groups excluding carboxylic acids is 3. The van der Waals surface area contributed by atoms with Crippen LogP contribution in [0.4, 0.5) is 14.5 Å². The maximum atomic E-state index is 13.6. The zero-order chi connectivity index (χ0) is 38.0.